The molecule has 0 fully saturated rings. The van der Waals surface area contributed by atoms with Gasteiger partial charge in [0.05, 0.1) is 17.6 Å². The highest BCUT2D eigenvalue weighted by atomic mass is 16.5. The van der Waals surface area contributed by atoms with Gasteiger partial charge in [0.1, 0.15) is 42.3 Å². The summed E-state index contributed by atoms with van der Waals surface area (Å²) in [6.07, 6.45) is 2.20. The topological polar surface area (TPSA) is 273 Å². The Kier molecular flexibility index (Phi) is 17.4. The van der Waals surface area contributed by atoms with Crippen LogP contribution in [-0.4, -0.2) is 87.4 Å². The van der Waals surface area contributed by atoms with Gasteiger partial charge in [-0.15, -0.1) is 0 Å². The normalized spacial score (nSPS) is 12.9. The Balaban J connectivity index is 1.46. The maximum Gasteiger partial charge on any atom is 0.408 e. The third-order valence-corrected chi connectivity index (χ3v) is 9.16. The number of phenols is 1. The predicted octanol–water partition coefficient (Wildman–Crippen LogP) is 2.17. The summed E-state index contributed by atoms with van der Waals surface area (Å²) in [4.78, 5) is 99.5. The van der Waals surface area contributed by atoms with Crippen molar-refractivity contribution in [2.75, 3.05) is 6.61 Å². The van der Waals surface area contributed by atoms with Crippen molar-refractivity contribution in [3.63, 3.8) is 0 Å². The van der Waals surface area contributed by atoms with Crippen LogP contribution in [0.3, 0.4) is 0 Å². The molecule has 324 valence electrons. The lowest BCUT2D eigenvalue weighted by atomic mass is 9.99. The Morgan fingerprint density at radius 1 is 0.738 bits per heavy atom. The van der Waals surface area contributed by atoms with Crippen molar-refractivity contribution in [3.8, 4) is 11.5 Å². The SMILES string of the molecule is CC(C)C[C@H](NC(=O)[C@H](Cc1c[nH]cn1)NC(=O)[C@H](Cc1ccccc1)NC(=O)OCc1ccccc1)C(=O)N[C@H](C(=O)NC(=O)COc1ccc(O)c(C(N)=O)c1)C(C)C. The van der Waals surface area contributed by atoms with Gasteiger partial charge in [0.15, 0.2) is 6.61 Å². The van der Waals surface area contributed by atoms with Crippen molar-refractivity contribution in [2.45, 2.75) is 77.7 Å². The van der Waals surface area contributed by atoms with E-state index < -0.39 is 78.2 Å². The lowest BCUT2D eigenvalue weighted by Crippen LogP contribution is -2.60. The van der Waals surface area contributed by atoms with E-state index in [2.05, 4.69) is 36.6 Å². The van der Waals surface area contributed by atoms with Gasteiger partial charge >= 0.3 is 6.09 Å². The highest BCUT2D eigenvalue weighted by Crippen LogP contribution is 2.22. The summed E-state index contributed by atoms with van der Waals surface area (Å²) in [6.45, 7) is 6.27. The van der Waals surface area contributed by atoms with Crippen molar-refractivity contribution in [1.29, 1.82) is 0 Å². The molecule has 18 heteroatoms. The molecule has 4 atom stereocenters. The fraction of sp³-hybridized carbons (Fsp3) is 0.349. The summed E-state index contributed by atoms with van der Waals surface area (Å²) in [6, 6.07) is 16.7. The maximum atomic E-state index is 14.1. The standard InChI is InChI=1S/C43H52N8O10/c1-25(2)17-32(41(57)51-37(26(3)4)42(58)50-36(53)23-60-30-15-16-35(52)31(20-30)38(44)54)47-40(56)34(19-29-21-45-24-46-29)48-39(55)33(18-27-11-7-5-8-12-27)49-43(59)61-22-28-13-9-6-10-14-28/h5-16,20-21,24-26,32-34,37,52H,17-19,22-23H2,1-4H3,(H2,44,54)(H,45,46)(H,47,56)(H,48,55)(H,49,59)(H,51,57)(H,50,53,58)/t32-,33-,34-,37-/m0/s1. The van der Waals surface area contributed by atoms with Crippen molar-refractivity contribution >= 4 is 41.5 Å². The Morgan fingerprint density at radius 2 is 1.34 bits per heavy atom. The molecule has 0 aliphatic heterocycles. The molecule has 0 saturated heterocycles. The number of H-pyrrole nitrogens is 1. The van der Waals surface area contributed by atoms with Gasteiger partial charge in [-0.25, -0.2) is 9.78 Å². The molecular weight excluding hydrogens is 789 g/mol. The lowest BCUT2D eigenvalue weighted by Gasteiger charge is -2.28. The van der Waals surface area contributed by atoms with Crippen LogP contribution in [0.5, 0.6) is 11.5 Å². The molecular formula is C43H52N8O10. The highest BCUT2D eigenvalue weighted by Gasteiger charge is 2.33. The van der Waals surface area contributed by atoms with Crippen LogP contribution >= 0.6 is 0 Å². The first-order valence-corrected chi connectivity index (χ1v) is 19.6. The van der Waals surface area contributed by atoms with E-state index in [1.54, 1.807) is 68.6 Å². The molecule has 1 heterocycles. The highest BCUT2D eigenvalue weighted by molar-refractivity contribution is 6.01. The number of alkyl carbamates (subject to hydrolysis) is 1. The van der Waals surface area contributed by atoms with E-state index in [1.807, 2.05) is 26.0 Å². The number of nitrogens with two attached hydrogens (primary N) is 1. The molecule has 0 bridgehead atoms. The average Bonchev–Trinajstić information content (AvgIpc) is 3.74. The number of primary amides is 1. The first-order valence-electron chi connectivity index (χ1n) is 19.6. The van der Waals surface area contributed by atoms with Crippen molar-refractivity contribution in [1.82, 2.24) is 36.6 Å². The predicted molar refractivity (Wildman–Crippen MR) is 221 cm³/mol. The van der Waals surface area contributed by atoms with Gasteiger partial charge in [-0.2, -0.15) is 0 Å². The van der Waals surface area contributed by atoms with Crippen molar-refractivity contribution in [2.24, 2.45) is 17.6 Å². The molecule has 9 N–H and O–H groups in total. The van der Waals surface area contributed by atoms with E-state index in [0.29, 0.717) is 5.69 Å². The molecule has 1 aromatic heterocycles. The molecule has 0 aliphatic carbocycles. The lowest BCUT2D eigenvalue weighted by molar-refractivity contribution is -0.137. The fourth-order valence-corrected chi connectivity index (χ4v) is 6.03. The van der Waals surface area contributed by atoms with Gasteiger partial charge < -0.3 is 46.6 Å². The zero-order valence-corrected chi connectivity index (χ0v) is 34.3. The first kappa shape index (κ1) is 46.4. The molecule has 0 unspecified atom stereocenters. The van der Waals surface area contributed by atoms with Crippen LogP contribution in [-0.2, 0) is 48.2 Å². The number of carbonyl (C=O) groups excluding carboxylic acids is 7. The summed E-state index contributed by atoms with van der Waals surface area (Å²) < 4.78 is 10.7. The monoisotopic (exact) mass is 840 g/mol. The zero-order chi connectivity index (χ0) is 44.5. The van der Waals surface area contributed by atoms with Gasteiger partial charge in [0.25, 0.3) is 11.8 Å². The molecule has 0 spiro atoms. The second kappa shape index (κ2) is 22.8. The van der Waals surface area contributed by atoms with E-state index in [-0.39, 0.29) is 48.8 Å². The van der Waals surface area contributed by atoms with E-state index in [4.69, 9.17) is 15.2 Å². The number of aromatic hydroxyl groups is 1. The number of hydrogen-bond acceptors (Lipinski definition) is 11. The zero-order valence-electron chi connectivity index (χ0n) is 34.3. The Hall–Kier alpha value is -7.24. The maximum absolute atomic E-state index is 14.1. The van der Waals surface area contributed by atoms with E-state index >= 15 is 0 Å². The number of aromatic nitrogens is 2. The van der Waals surface area contributed by atoms with Crippen LogP contribution in [0.1, 0.15) is 61.3 Å². The van der Waals surface area contributed by atoms with Crippen LogP contribution < -0.4 is 37.1 Å². The fourth-order valence-electron chi connectivity index (χ4n) is 6.03. The van der Waals surface area contributed by atoms with E-state index in [0.717, 1.165) is 23.3 Å². The number of amides is 7. The molecule has 4 aromatic rings. The minimum Gasteiger partial charge on any atom is -0.507 e. The van der Waals surface area contributed by atoms with Crippen LogP contribution in [0.4, 0.5) is 4.79 Å². The van der Waals surface area contributed by atoms with Crippen molar-refractivity contribution in [3.05, 3.63) is 114 Å². The summed E-state index contributed by atoms with van der Waals surface area (Å²) in [5.74, 6) is -5.80. The summed E-state index contributed by atoms with van der Waals surface area (Å²) >= 11 is 0. The third kappa shape index (κ3) is 15.1. The average molecular weight is 841 g/mol. The number of ether oxygens (including phenoxy) is 2. The number of nitrogens with one attached hydrogen (secondary N) is 6. The van der Waals surface area contributed by atoms with Crippen molar-refractivity contribution < 1.29 is 48.1 Å². The number of imide groups is 1. The van der Waals surface area contributed by atoms with Gasteiger partial charge in [0.2, 0.25) is 23.6 Å². The third-order valence-electron chi connectivity index (χ3n) is 9.16. The molecule has 3 aromatic carbocycles. The molecule has 0 aliphatic rings. The van der Waals surface area contributed by atoms with E-state index in [1.165, 1.54) is 12.4 Å². The minimum atomic E-state index is -1.28. The second-order valence-corrected chi connectivity index (χ2v) is 14.9. The second-order valence-electron chi connectivity index (χ2n) is 14.9. The smallest absolute Gasteiger partial charge is 0.408 e. The molecule has 0 radical (unpaired) electrons. The summed E-state index contributed by atoms with van der Waals surface area (Å²) in [5, 5.41) is 22.7. The van der Waals surface area contributed by atoms with Crippen LogP contribution in [0, 0.1) is 11.8 Å². The molecule has 4 rings (SSSR count). The minimum absolute atomic E-state index is 0.0290. The number of nitrogens with zero attached hydrogens (tertiary/aromatic N) is 1. The van der Waals surface area contributed by atoms with Gasteiger partial charge in [-0.05, 0) is 47.6 Å². The van der Waals surface area contributed by atoms with Crippen LogP contribution in [0.25, 0.3) is 0 Å². The largest absolute Gasteiger partial charge is 0.507 e. The molecule has 18 nitrogen and oxygen atoms in total. The number of benzene rings is 3. The number of aromatic amines is 1. The number of hydrogen-bond donors (Lipinski definition) is 8. The van der Waals surface area contributed by atoms with Crippen LogP contribution in [0.15, 0.2) is 91.4 Å². The molecule has 7 amide bonds. The van der Waals surface area contributed by atoms with Gasteiger partial charge in [0, 0.05) is 19.0 Å². The molecule has 0 saturated carbocycles. The number of carbonyl (C=O) groups is 7. The Bertz CT molecular complexity index is 2110. The first-order chi connectivity index (χ1) is 29.1. The van der Waals surface area contributed by atoms with Gasteiger partial charge in [-0.3, -0.25) is 34.1 Å². The summed E-state index contributed by atoms with van der Waals surface area (Å²) in [5.41, 5.74) is 6.90. The summed E-state index contributed by atoms with van der Waals surface area (Å²) in [7, 11) is 0. The Morgan fingerprint density at radius 3 is 1.93 bits per heavy atom. The van der Waals surface area contributed by atoms with Gasteiger partial charge in [-0.1, -0.05) is 88.4 Å². The quantitative estimate of drug-likeness (QED) is 0.0602. The molecule has 61 heavy (non-hydrogen) atoms. The van der Waals surface area contributed by atoms with E-state index in [9.17, 15) is 38.7 Å². The number of imidazole rings is 1. The number of rotatable bonds is 21. The van der Waals surface area contributed by atoms with Crippen LogP contribution in [0.2, 0.25) is 0 Å². The Labute approximate surface area is 352 Å².